The van der Waals surface area contributed by atoms with Crippen LogP contribution in [0.4, 0.5) is 4.39 Å². The molecule has 1 aromatic carbocycles. The van der Waals surface area contributed by atoms with Crippen molar-refractivity contribution in [2.24, 2.45) is 0 Å². The summed E-state index contributed by atoms with van der Waals surface area (Å²) in [4.78, 5) is 24.2. The molecule has 94 valence electrons. The SMILES string of the molecule is COc1ccc(Cn2cc(F)c(=O)[nH]c2=O)cc1. The molecule has 5 nitrogen and oxygen atoms in total. The Hall–Kier alpha value is -2.37. The number of rotatable bonds is 3. The molecule has 6 heteroatoms. The van der Waals surface area contributed by atoms with Gasteiger partial charge in [-0.25, -0.2) is 4.79 Å². The van der Waals surface area contributed by atoms with Crippen LogP contribution in [-0.2, 0) is 6.54 Å². The van der Waals surface area contributed by atoms with E-state index in [-0.39, 0.29) is 6.54 Å². The summed E-state index contributed by atoms with van der Waals surface area (Å²) in [6.07, 6.45) is 0.894. The molecule has 0 aliphatic rings. The summed E-state index contributed by atoms with van der Waals surface area (Å²) < 4.78 is 19.2. The van der Waals surface area contributed by atoms with Crippen molar-refractivity contribution < 1.29 is 9.13 Å². The molecule has 0 aliphatic carbocycles. The van der Waals surface area contributed by atoms with Gasteiger partial charge in [-0.1, -0.05) is 12.1 Å². The fourth-order valence-electron chi connectivity index (χ4n) is 1.53. The highest BCUT2D eigenvalue weighted by atomic mass is 19.1. The summed E-state index contributed by atoms with van der Waals surface area (Å²) in [5.74, 6) is -0.290. The molecule has 1 heterocycles. The van der Waals surface area contributed by atoms with E-state index in [1.165, 1.54) is 0 Å². The van der Waals surface area contributed by atoms with Crippen LogP contribution in [0.25, 0.3) is 0 Å². The van der Waals surface area contributed by atoms with Gasteiger partial charge in [-0.15, -0.1) is 0 Å². The molecule has 0 atom stereocenters. The Bertz CT molecular complexity index is 658. The number of H-pyrrole nitrogens is 1. The van der Waals surface area contributed by atoms with E-state index >= 15 is 0 Å². The lowest BCUT2D eigenvalue weighted by molar-refractivity contribution is 0.414. The van der Waals surface area contributed by atoms with E-state index < -0.39 is 17.1 Å². The predicted octanol–water partition coefficient (Wildman–Crippen LogP) is 0.733. The molecule has 2 aromatic rings. The van der Waals surface area contributed by atoms with Crippen molar-refractivity contribution >= 4 is 0 Å². The first-order chi connectivity index (χ1) is 8.60. The fourth-order valence-corrected chi connectivity index (χ4v) is 1.53. The summed E-state index contributed by atoms with van der Waals surface area (Å²) in [7, 11) is 1.55. The second-order valence-electron chi connectivity index (χ2n) is 3.71. The Kier molecular flexibility index (Phi) is 3.27. The van der Waals surface area contributed by atoms with Gasteiger partial charge in [-0.05, 0) is 17.7 Å². The third-order valence-electron chi connectivity index (χ3n) is 2.48. The number of aromatic nitrogens is 2. The number of ether oxygens (including phenoxy) is 1. The summed E-state index contributed by atoms with van der Waals surface area (Å²) in [5, 5.41) is 0. The van der Waals surface area contributed by atoms with E-state index in [0.29, 0.717) is 5.75 Å². The lowest BCUT2D eigenvalue weighted by Gasteiger charge is -2.06. The number of nitrogens with one attached hydrogen (secondary N) is 1. The minimum atomic E-state index is -1.01. The number of aromatic amines is 1. The quantitative estimate of drug-likeness (QED) is 0.873. The van der Waals surface area contributed by atoms with Crippen LogP contribution in [-0.4, -0.2) is 16.7 Å². The van der Waals surface area contributed by atoms with Crippen LogP contribution in [0.15, 0.2) is 40.1 Å². The average Bonchev–Trinajstić information content (AvgIpc) is 2.37. The van der Waals surface area contributed by atoms with Gasteiger partial charge in [0.05, 0.1) is 19.9 Å². The van der Waals surface area contributed by atoms with Gasteiger partial charge in [0.15, 0.2) is 0 Å². The zero-order chi connectivity index (χ0) is 13.1. The molecule has 0 radical (unpaired) electrons. The van der Waals surface area contributed by atoms with E-state index in [9.17, 15) is 14.0 Å². The summed E-state index contributed by atoms with van der Waals surface area (Å²) in [6.45, 7) is 0.177. The topological polar surface area (TPSA) is 64.1 Å². The predicted molar refractivity (Wildman–Crippen MR) is 63.4 cm³/mol. The number of hydrogen-bond acceptors (Lipinski definition) is 3. The van der Waals surface area contributed by atoms with Gasteiger partial charge in [0, 0.05) is 0 Å². The van der Waals surface area contributed by atoms with Crippen molar-refractivity contribution in [3.8, 4) is 5.75 Å². The number of nitrogens with zero attached hydrogens (tertiary/aromatic N) is 1. The number of halogens is 1. The molecule has 1 N–H and O–H groups in total. The van der Waals surface area contributed by atoms with Gasteiger partial charge in [-0.3, -0.25) is 14.3 Å². The Morgan fingerprint density at radius 3 is 2.56 bits per heavy atom. The lowest BCUT2D eigenvalue weighted by Crippen LogP contribution is -2.31. The number of methoxy groups -OCH3 is 1. The van der Waals surface area contributed by atoms with Crippen LogP contribution in [0.1, 0.15) is 5.56 Å². The van der Waals surface area contributed by atoms with E-state index in [1.54, 1.807) is 31.4 Å². The van der Waals surface area contributed by atoms with Crippen molar-refractivity contribution in [2.45, 2.75) is 6.54 Å². The van der Waals surface area contributed by atoms with Gasteiger partial charge in [0.25, 0.3) is 5.56 Å². The van der Waals surface area contributed by atoms with Crippen molar-refractivity contribution in [3.63, 3.8) is 0 Å². The molecule has 2 rings (SSSR count). The molecule has 0 unspecified atom stereocenters. The lowest BCUT2D eigenvalue weighted by atomic mass is 10.2. The van der Waals surface area contributed by atoms with Crippen LogP contribution in [0, 0.1) is 5.82 Å². The van der Waals surface area contributed by atoms with E-state index in [1.807, 2.05) is 4.98 Å². The first-order valence-corrected chi connectivity index (χ1v) is 5.22. The summed E-state index contributed by atoms with van der Waals surface area (Å²) >= 11 is 0. The fraction of sp³-hybridized carbons (Fsp3) is 0.167. The highest BCUT2D eigenvalue weighted by Gasteiger charge is 2.04. The Balaban J connectivity index is 2.31. The largest absolute Gasteiger partial charge is 0.497 e. The molecule has 1 aromatic heterocycles. The van der Waals surface area contributed by atoms with Crippen LogP contribution >= 0.6 is 0 Å². The second kappa shape index (κ2) is 4.87. The maximum atomic E-state index is 13.1. The molecule has 0 bridgehead atoms. The second-order valence-corrected chi connectivity index (χ2v) is 3.71. The Morgan fingerprint density at radius 1 is 1.28 bits per heavy atom. The van der Waals surface area contributed by atoms with Crippen LogP contribution < -0.4 is 16.0 Å². The monoisotopic (exact) mass is 250 g/mol. The van der Waals surface area contributed by atoms with Crippen molar-refractivity contribution in [2.75, 3.05) is 7.11 Å². The number of benzene rings is 1. The van der Waals surface area contributed by atoms with Gasteiger partial charge >= 0.3 is 5.69 Å². The van der Waals surface area contributed by atoms with E-state index in [4.69, 9.17) is 4.74 Å². The standard InChI is InChI=1S/C12H11FN2O3/c1-18-9-4-2-8(3-5-9)6-15-7-10(13)11(16)14-12(15)17/h2-5,7H,6H2,1H3,(H,14,16,17). The maximum absolute atomic E-state index is 13.1. The third-order valence-corrected chi connectivity index (χ3v) is 2.48. The third kappa shape index (κ3) is 2.48. The Labute approximate surface area is 101 Å². The van der Waals surface area contributed by atoms with Crippen molar-refractivity contribution in [3.05, 3.63) is 62.7 Å². The number of hydrogen-bond donors (Lipinski definition) is 1. The van der Waals surface area contributed by atoms with Gasteiger partial charge in [-0.2, -0.15) is 4.39 Å². The van der Waals surface area contributed by atoms with E-state index in [2.05, 4.69) is 0 Å². The van der Waals surface area contributed by atoms with Crippen LogP contribution in [0.2, 0.25) is 0 Å². The van der Waals surface area contributed by atoms with Gasteiger partial charge in [0.2, 0.25) is 5.82 Å². The normalized spacial score (nSPS) is 10.3. The molecule has 0 amide bonds. The minimum Gasteiger partial charge on any atom is -0.497 e. The average molecular weight is 250 g/mol. The summed E-state index contributed by atoms with van der Waals surface area (Å²) in [6, 6.07) is 6.99. The molecular weight excluding hydrogens is 239 g/mol. The highest BCUT2D eigenvalue weighted by molar-refractivity contribution is 5.27. The maximum Gasteiger partial charge on any atom is 0.328 e. The molecule has 0 fully saturated rings. The molecule has 0 spiro atoms. The molecule has 18 heavy (non-hydrogen) atoms. The Morgan fingerprint density at radius 2 is 1.94 bits per heavy atom. The van der Waals surface area contributed by atoms with Gasteiger partial charge in [0.1, 0.15) is 5.75 Å². The van der Waals surface area contributed by atoms with Crippen LogP contribution in [0.3, 0.4) is 0 Å². The van der Waals surface area contributed by atoms with Gasteiger partial charge < -0.3 is 4.74 Å². The van der Waals surface area contributed by atoms with E-state index in [0.717, 1.165) is 16.3 Å². The molecule has 0 saturated carbocycles. The molecule has 0 aliphatic heterocycles. The zero-order valence-electron chi connectivity index (χ0n) is 9.64. The molecular formula is C12H11FN2O3. The first-order valence-electron chi connectivity index (χ1n) is 5.22. The first kappa shape index (κ1) is 12.1. The van der Waals surface area contributed by atoms with Crippen molar-refractivity contribution in [1.82, 2.24) is 9.55 Å². The smallest absolute Gasteiger partial charge is 0.328 e. The minimum absolute atomic E-state index is 0.177. The van der Waals surface area contributed by atoms with Crippen molar-refractivity contribution in [1.29, 1.82) is 0 Å². The summed E-state index contributed by atoms with van der Waals surface area (Å²) in [5.41, 5.74) is -0.854. The molecule has 0 saturated heterocycles. The highest BCUT2D eigenvalue weighted by Crippen LogP contribution is 2.11. The zero-order valence-corrected chi connectivity index (χ0v) is 9.64. The van der Waals surface area contributed by atoms with Crippen LogP contribution in [0.5, 0.6) is 5.75 Å².